The van der Waals surface area contributed by atoms with Crippen molar-refractivity contribution in [2.45, 2.75) is 98.3 Å². The van der Waals surface area contributed by atoms with E-state index in [1.807, 2.05) is 12.1 Å². The number of hydrogen-bond donors (Lipinski definition) is 0. The predicted octanol–water partition coefficient (Wildman–Crippen LogP) is 6.80. The van der Waals surface area contributed by atoms with E-state index in [1.165, 1.54) is 0 Å². The zero-order valence-electron chi connectivity index (χ0n) is 19.0. The van der Waals surface area contributed by atoms with Crippen molar-refractivity contribution < 1.29 is 14.3 Å². The summed E-state index contributed by atoms with van der Waals surface area (Å²) in [6.45, 7) is 17.2. The molecule has 0 aliphatic carbocycles. The maximum Gasteiger partial charge on any atom is 0.311 e. The van der Waals surface area contributed by atoms with Crippen LogP contribution in [0.15, 0.2) is 12.1 Å². The van der Waals surface area contributed by atoms with Crippen molar-refractivity contribution >= 4 is 5.97 Å². The third kappa shape index (κ3) is 6.86. The van der Waals surface area contributed by atoms with Gasteiger partial charge in [-0.2, -0.15) is 0 Å². The lowest BCUT2D eigenvalue weighted by atomic mass is 9.79. The Labute approximate surface area is 166 Å². The molecule has 1 aromatic carbocycles. The highest BCUT2D eigenvalue weighted by Gasteiger charge is 2.30. The standard InChI is InChI=1S/C24H40O3/c1-10-12-13-17(11-2)14-21(25)27-22-19(23(3,4)5)15-18(26-9)16-20(22)24(6,7)8/h15-17H,10-14H2,1-9H3/t17-/m1/s1. The van der Waals surface area contributed by atoms with Gasteiger partial charge < -0.3 is 9.47 Å². The summed E-state index contributed by atoms with van der Waals surface area (Å²) in [5.41, 5.74) is 1.72. The van der Waals surface area contributed by atoms with Crippen LogP contribution in [0, 0.1) is 5.92 Å². The highest BCUT2D eigenvalue weighted by Crippen LogP contribution is 2.42. The number of ether oxygens (including phenoxy) is 2. The Morgan fingerprint density at radius 3 is 1.89 bits per heavy atom. The van der Waals surface area contributed by atoms with E-state index in [0.717, 1.165) is 42.6 Å². The minimum Gasteiger partial charge on any atom is -0.497 e. The molecule has 27 heavy (non-hydrogen) atoms. The average Bonchev–Trinajstić information content (AvgIpc) is 2.56. The van der Waals surface area contributed by atoms with Crippen molar-refractivity contribution in [3.05, 3.63) is 23.3 Å². The summed E-state index contributed by atoms with van der Waals surface area (Å²) in [5.74, 6) is 1.79. The Kier molecular flexibility index (Phi) is 8.38. The molecule has 3 heteroatoms. The van der Waals surface area contributed by atoms with E-state index in [9.17, 15) is 4.79 Å². The molecule has 0 saturated carbocycles. The normalized spacial score (nSPS) is 13.4. The number of rotatable bonds is 8. The molecule has 0 radical (unpaired) electrons. The summed E-state index contributed by atoms with van der Waals surface area (Å²) in [6, 6.07) is 4.01. The molecule has 0 saturated heterocycles. The van der Waals surface area contributed by atoms with E-state index in [1.54, 1.807) is 7.11 Å². The summed E-state index contributed by atoms with van der Waals surface area (Å²) < 4.78 is 11.6. The first-order valence-corrected chi connectivity index (χ1v) is 10.4. The first-order chi connectivity index (χ1) is 12.4. The van der Waals surface area contributed by atoms with Gasteiger partial charge in [0.2, 0.25) is 0 Å². The molecule has 0 fully saturated rings. The summed E-state index contributed by atoms with van der Waals surface area (Å²) in [7, 11) is 1.68. The van der Waals surface area contributed by atoms with E-state index < -0.39 is 0 Å². The van der Waals surface area contributed by atoms with Crippen LogP contribution in [0.3, 0.4) is 0 Å². The van der Waals surface area contributed by atoms with Crippen molar-refractivity contribution in [1.29, 1.82) is 0 Å². The monoisotopic (exact) mass is 376 g/mol. The minimum absolute atomic E-state index is 0.126. The molecule has 0 N–H and O–H groups in total. The fraction of sp³-hybridized carbons (Fsp3) is 0.708. The topological polar surface area (TPSA) is 35.5 Å². The van der Waals surface area contributed by atoms with Crippen LogP contribution in [0.1, 0.15) is 98.6 Å². The first-order valence-electron chi connectivity index (χ1n) is 10.4. The van der Waals surface area contributed by atoms with Gasteiger partial charge in [0.15, 0.2) is 0 Å². The number of hydrogen-bond acceptors (Lipinski definition) is 3. The van der Waals surface area contributed by atoms with Gasteiger partial charge in [0.25, 0.3) is 0 Å². The van der Waals surface area contributed by atoms with Crippen LogP contribution in [0.4, 0.5) is 0 Å². The van der Waals surface area contributed by atoms with Gasteiger partial charge in [0.05, 0.1) is 7.11 Å². The molecule has 0 aliphatic rings. The lowest BCUT2D eigenvalue weighted by Gasteiger charge is -2.30. The zero-order chi connectivity index (χ0) is 20.8. The highest BCUT2D eigenvalue weighted by molar-refractivity contribution is 5.74. The van der Waals surface area contributed by atoms with Crippen LogP contribution < -0.4 is 9.47 Å². The quantitative estimate of drug-likeness (QED) is 0.369. The molecule has 154 valence electrons. The van der Waals surface area contributed by atoms with Gasteiger partial charge in [-0.25, -0.2) is 0 Å². The zero-order valence-corrected chi connectivity index (χ0v) is 19.0. The molecule has 1 atom stereocenters. The lowest BCUT2D eigenvalue weighted by Crippen LogP contribution is -2.23. The van der Waals surface area contributed by atoms with Crippen molar-refractivity contribution in [2.75, 3.05) is 7.11 Å². The SMILES string of the molecule is CCCC[C@@H](CC)CC(=O)Oc1c(C(C)(C)C)cc(OC)cc1C(C)(C)C. The average molecular weight is 377 g/mol. The van der Waals surface area contributed by atoms with Crippen molar-refractivity contribution in [2.24, 2.45) is 5.92 Å². The van der Waals surface area contributed by atoms with E-state index in [-0.39, 0.29) is 16.8 Å². The number of benzene rings is 1. The Morgan fingerprint density at radius 2 is 1.52 bits per heavy atom. The van der Waals surface area contributed by atoms with Gasteiger partial charge in [0.1, 0.15) is 11.5 Å². The molecule has 0 aromatic heterocycles. The van der Waals surface area contributed by atoms with Crippen LogP contribution in [0.2, 0.25) is 0 Å². The number of methoxy groups -OCH3 is 1. The second-order valence-corrected chi connectivity index (χ2v) is 9.65. The summed E-state index contributed by atoms with van der Waals surface area (Å²) in [5, 5.41) is 0. The molecule has 0 spiro atoms. The smallest absolute Gasteiger partial charge is 0.311 e. The third-order valence-electron chi connectivity index (χ3n) is 5.13. The first kappa shape index (κ1) is 23.5. The Bertz CT molecular complexity index is 582. The van der Waals surface area contributed by atoms with Gasteiger partial charge in [-0.05, 0) is 35.3 Å². The fourth-order valence-electron chi connectivity index (χ4n) is 3.28. The Morgan fingerprint density at radius 1 is 1.00 bits per heavy atom. The highest BCUT2D eigenvalue weighted by atomic mass is 16.5. The summed E-state index contributed by atoms with van der Waals surface area (Å²) >= 11 is 0. The van der Waals surface area contributed by atoms with E-state index >= 15 is 0 Å². The minimum atomic E-state index is -0.156. The van der Waals surface area contributed by atoms with Gasteiger partial charge in [-0.15, -0.1) is 0 Å². The van der Waals surface area contributed by atoms with Gasteiger partial charge >= 0.3 is 5.97 Å². The number of esters is 1. The fourth-order valence-corrected chi connectivity index (χ4v) is 3.28. The Hall–Kier alpha value is -1.51. The third-order valence-corrected chi connectivity index (χ3v) is 5.13. The second kappa shape index (κ2) is 9.61. The van der Waals surface area contributed by atoms with E-state index in [4.69, 9.17) is 9.47 Å². The summed E-state index contributed by atoms with van der Waals surface area (Å²) in [4.78, 5) is 12.8. The number of carbonyl (C=O) groups is 1. The van der Waals surface area contributed by atoms with Gasteiger partial charge in [-0.3, -0.25) is 4.79 Å². The molecule has 0 heterocycles. The van der Waals surface area contributed by atoms with Gasteiger partial charge in [-0.1, -0.05) is 74.7 Å². The number of unbranched alkanes of at least 4 members (excludes halogenated alkanes) is 1. The molecule has 0 unspecified atom stereocenters. The molecule has 3 nitrogen and oxygen atoms in total. The van der Waals surface area contributed by atoms with Crippen molar-refractivity contribution in [3.8, 4) is 11.5 Å². The largest absolute Gasteiger partial charge is 0.497 e. The lowest BCUT2D eigenvalue weighted by molar-refractivity contribution is -0.135. The number of carbonyl (C=O) groups excluding carboxylic acids is 1. The molecular weight excluding hydrogens is 336 g/mol. The predicted molar refractivity (Wildman–Crippen MR) is 114 cm³/mol. The maximum atomic E-state index is 12.8. The van der Waals surface area contributed by atoms with Crippen LogP contribution >= 0.6 is 0 Å². The van der Waals surface area contributed by atoms with Crippen LogP contribution in [-0.4, -0.2) is 13.1 Å². The second-order valence-electron chi connectivity index (χ2n) is 9.65. The van der Waals surface area contributed by atoms with Crippen molar-refractivity contribution in [3.63, 3.8) is 0 Å². The van der Waals surface area contributed by atoms with E-state index in [0.29, 0.717) is 18.1 Å². The van der Waals surface area contributed by atoms with Crippen LogP contribution in [-0.2, 0) is 15.6 Å². The Balaban J connectivity index is 3.29. The molecular formula is C24H40O3. The van der Waals surface area contributed by atoms with Crippen molar-refractivity contribution in [1.82, 2.24) is 0 Å². The molecule has 0 aliphatic heterocycles. The maximum absolute atomic E-state index is 12.8. The van der Waals surface area contributed by atoms with Crippen LogP contribution in [0.5, 0.6) is 11.5 Å². The molecule has 0 bridgehead atoms. The van der Waals surface area contributed by atoms with Gasteiger partial charge in [0, 0.05) is 17.5 Å². The summed E-state index contributed by atoms with van der Waals surface area (Å²) in [6.07, 6.45) is 4.90. The molecule has 1 aromatic rings. The van der Waals surface area contributed by atoms with Crippen LogP contribution in [0.25, 0.3) is 0 Å². The molecule has 1 rings (SSSR count). The molecule has 0 amide bonds. The van der Waals surface area contributed by atoms with E-state index in [2.05, 4.69) is 55.4 Å².